The molecule has 1 aliphatic carbocycles. The molecule has 0 radical (unpaired) electrons. The number of benzene rings is 1. The maximum atomic E-state index is 14.0. The lowest BCUT2D eigenvalue weighted by Crippen LogP contribution is -2.62. The number of hydrogen-bond donors (Lipinski definition) is 3. The number of hydrogen-bond acceptors (Lipinski definition) is 5. The summed E-state index contributed by atoms with van der Waals surface area (Å²) in [4.78, 5) is 20.3. The van der Waals surface area contributed by atoms with Crippen molar-refractivity contribution >= 4 is 17.6 Å². The van der Waals surface area contributed by atoms with E-state index >= 15 is 0 Å². The molecule has 0 amide bonds. The van der Waals surface area contributed by atoms with E-state index in [0.29, 0.717) is 18.3 Å². The zero-order chi connectivity index (χ0) is 21.8. The van der Waals surface area contributed by atoms with Crippen LogP contribution >= 0.6 is 0 Å². The normalized spacial score (nSPS) is 24.0. The molecular weight excluding hydrogens is 400 g/mol. The van der Waals surface area contributed by atoms with Crippen LogP contribution in [0.3, 0.4) is 0 Å². The molecule has 0 unspecified atom stereocenters. The second-order valence-electron chi connectivity index (χ2n) is 6.95. The van der Waals surface area contributed by atoms with Gasteiger partial charge in [0.05, 0.1) is 0 Å². The number of carboxylic acid groups (broad SMARTS) is 2. The summed E-state index contributed by atoms with van der Waals surface area (Å²) in [7, 11) is 0. The highest BCUT2D eigenvalue weighted by atomic mass is 19.4. The number of carbonyl (C=O) groups is 2. The van der Waals surface area contributed by atoms with Crippen LogP contribution in [-0.4, -0.2) is 53.2 Å². The molecule has 0 aromatic heterocycles. The van der Waals surface area contributed by atoms with Gasteiger partial charge < -0.3 is 25.2 Å². The highest BCUT2D eigenvalue weighted by molar-refractivity contribution is 6.27. The Bertz CT molecular complexity index is 731. The molecule has 2 aliphatic rings. The summed E-state index contributed by atoms with van der Waals surface area (Å²) in [6.07, 6.45) is -0.524. The van der Waals surface area contributed by atoms with Gasteiger partial charge in [0.1, 0.15) is 0 Å². The lowest BCUT2D eigenvalue weighted by Gasteiger charge is -2.48. The van der Waals surface area contributed by atoms with Crippen molar-refractivity contribution in [2.45, 2.75) is 57.1 Å². The van der Waals surface area contributed by atoms with Gasteiger partial charge in [-0.05, 0) is 31.9 Å². The first-order valence-corrected chi connectivity index (χ1v) is 9.02. The van der Waals surface area contributed by atoms with Gasteiger partial charge in [0.2, 0.25) is 0 Å². The van der Waals surface area contributed by atoms with Gasteiger partial charge in [-0.1, -0.05) is 12.8 Å². The quantitative estimate of drug-likeness (QED) is 0.498. The predicted molar refractivity (Wildman–Crippen MR) is 94.3 cm³/mol. The number of ether oxygens (including phenoxy) is 1. The molecule has 11 heteroatoms. The Morgan fingerprint density at radius 3 is 2.34 bits per heavy atom. The van der Waals surface area contributed by atoms with Crippen LogP contribution in [0.4, 0.5) is 23.2 Å². The molecule has 1 saturated carbocycles. The van der Waals surface area contributed by atoms with Gasteiger partial charge in [0.25, 0.3) is 0 Å². The Balaban J connectivity index is 0.000000438. The van der Waals surface area contributed by atoms with E-state index in [-0.39, 0.29) is 12.1 Å². The Morgan fingerprint density at radius 2 is 1.79 bits per heavy atom. The van der Waals surface area contributed by atoms with Crippen molar-refractivity contribution in [3.63, 3.8) is 0 Å². The van der Waals surface area contributed by atoms with Crippen LogP contribution in [0.25, 0.3) is 0 Å². The van der Waals surface area contributed by atoms with Crippen LogP contribution in [0.1, 0.15) is 32.6 Å². The van der Waals surface area contributed by atoms with Gasteiger partial charge in [-0.15, -0.1) is 13.2 Å². The minimum atomic E-state index is -4.89. The molecule has 29 heavy (non-hydrogen) atoms. The number of aliphatic carboxylic acids is 2. The third-order valence-electron chi connectivity index (χ3n) is 4.75. The van der Waals surface area contributed by atoms with E-state index in [1.54, 1.807) is 0 Å². The number of nitrogens with one attached hydrogen (secondary N) is 1. The van der Waals surface area contributed by atoms with Gasteiger partial charge in [0.15, 0.2) is 11.6 Å². The first-order chi connectivity index (χ1) is 13.5. The third-order valence-corrected chi connectivity index (χ3v) is 4.75. The van der Waals surface area contributed by atoms with E-state index in [4.69, 9.17) is 19.8 Å². The largest absolute Gasteiger partial charge is 0.573 e. The third kappa shape index (κ3) is 6.48. The second kappa shape index (κ2) is 9.29. The Kier molecular flexibility index (Phi) is 7.28. The molecular formula is C18H22F4N2O5. The lowest BCUT2D eigenvalue weighted by atomic mass is 9.86. The Morgan fingerprint density at radius 1 is 1.17 bits per heavy atom. The Labute approximate surface area is 164 Å². The van der Waals surface area contributed by atoms with Gasteiger partial charge in [-0.2, -0.15) is 0 Å². The highest BCUT2D eigenvalue weighted by Gasteiger charge is 2.36. The fraction of sp³-hybridized carbons (Fsp3) is 0.556. The minimum absolute atomic E-state index is 0.253. The number of carboxylic acids is 2. The molecule has 1 saturated heterocycles. The summed E-state index contributed by atoms with van der Waals surface area (Å²) >= 11 is 0. The SMILES string of the molecule is C[C@@H]1CN(c2ccc(OC(F)(F)F)c(F)c2)[C@H]2CCCC[C@@H]2N1.O=C(O)C(=O)O. The predicted octanol–water partition coefficient (Wildman–Crippen LogP) is 2.99. The van der Waals surface area contributed by atoms with Gasteiger partial charge in [-0.25, -0.2) is 14.0 Å². The average Bonchev–Trinajstić information content (AvgIpc) is 2.62. The van der Waals surface area contributed by atoms with Crippen molar-refractivity contribution in [1.82, 2.24) is 5.32 Å². The summed E-state index contributed by atoms with van der Waals surface area (Å²) in [5.74, 6) is -5.42. The summed E-state index contributed by atoms with van der Waals surface area (Å²) in [6.45, 7) is 2.77. The van der Waals surface area contributed by atoms with Crippen molar-refractivity contribution in [1.29, 1.82) is 0 Å². The first kappa shape index (κ1) is 22.7. The van der Waals surface area contributed by atoms with Crippen LogP contribution in [0.15, 0.2) is 18.2 Å². The maximum absolute atomic E-state index is 14.0. The molecule has 3 atom stereocenters. The Hall–Kier alpha value is -2.56. The molecule has 3 rings (SSSR count). The number of anilines is 1. The van der Waals surface area contributed by atoms with E-state index in [9.17, 15) is 17.6 Å². The highest BCUT2D eigenvalue weighted by Crippen LogP contribution is 2.34. The van der Waals surface area contributed by atoms with Gasteiger partial charge in [-0.3, -0.25) is 0 Å². The van der Waals surface area contributed by atoms with Crippen LogP contribution in [0.2, 0.25) is 0 Å². The van der Waals surface area contributed by atoms with Crippen molar-refractivity contribution in [3.8, 4) is 5.75 Å². The summed E-state index contributed by atoms with van der Waals surface area (Å²) in [6, 6.07) is 4.57. The van der Waals surface area contributed by atoms with Crippen LogP contribution in [-0.2, 0) is 9.59 Å². The standard InChI is InChI=1S/C16H20F4N2O.C2H2O4/c1-10-9-22(14-5-3-2-4-13(14)21-10)11-6-7-15(12(17)8-11)23-16(18,19)20;3-1(4)2(5)6/h6-8,10,13-14,21H,2-5,9H2,1H3;(H,3,4)(H,5,6)/t10-,13+,14+;/m1./s1. The number of nitrogens with zero attached hydrogens (tertiary/aromatic N) is 1. The molecule has 1 aromatic rings. The molecule has 0 bridgehead atoms. The van der Waals surface area contributed by atoms with Crippen molar-refractivity contribution in [2.75, 3.05) is 11.4 Å². The smallest absolute Gasteiger partial charge is 0.473 e. The number of alkyl halides is 3. The van der Waals surface area contributed by atoms with Crippen LogP contribution in [0.5, 0.6) is 5.75 Å². The number of rotatable bonds is 2. The van der Waals surface area contributed by atoms with Crippen LogP contribution in [0, 0.1) is 5.82 Å². The monoisotopic (exact) mass is 422 g/mol. The van der Waals surface area contributed by atoms with Crippen molar-refractivity contribution in [3.05, 3.63) is 24.0 Å². The van der Waals surface area contributed by atoms with E-state index in [1.165, 1.54) is 12.5 Å². The minimum Gasteiger partial charge on any atom is -0.473 e. The zero-order valence-corrected chi connectivity index (χ0v) is 15.6. The van der Waals surface area contributed by atoms with Gasteiger partial charge >= 0.3 is 18.3 Å². The van der Waals surface area contributed by atoms with Gasteiger partial charge in [0, 0.05) is 36.4 Å². The molecule has 7 nitrogen and oxygen atoms in total. The topological polar surface area (TPSA) is 99.1 Å². The number of piperazine rings is 1. The van der Waals surface area contributed by atoms with Crippen LogP contribution < -0.4 is 15.0 Å². The summed E-state index contributed by atoms with van der Waals surface area (Å²) in [5.41, 5.74) is 0.613. The molecule has 3 N–H and O–H groups in total. The van der Waals surface area contributed by atoms with E-state index in [1.807, 2.05) is 0 Å². The summed E-state index contributed by atoms with van der Waals surface area (Å²) in [5, 5.41) is 18.3. The van der Waals surface area contributed by atoms with Crippen molar-refractivity contribution in [2.24, 2.45) is 0 Å². The van der Waals surface area contributed by atoms with E-state index in [0.717, 1.165) is 31.4 Å². The second-order valence-corrected chi connectivity index (χ2v) is 6.95. The molecule has 0 spiro atoms. The maximum Gasteiger partial charge on any atom is 0.573 e. The zero-order valence-electron chi connectivity index (χ0n) is 15.6. The molecule has 162 valence electrons. The summed E-state index contributed by atoms with van der Waals surface area (Å²) < 4.78 is 54.4. The fourth-order valence-electron chi connectivity index (χ4n) is 3.70. The number of fused-ring (bicyclic) bond motifs is 1. The molecule has 2 fully saturated rings. The lowest BCUT2D eigenvalue weighted by molar-refractivity contribution is -0.275. The molecule has 1 aromatic carbocycles. The average molecular weight is 422 g/mol. The van der Waals surface area contributed by atoms with E-state index in [2.05, 4.69) is 21.9 Å². The molecule has 1 heterocycles. The van der Waals surface area contributed by atoms with E-state index < -0.39 is 29.9 Å². The first-order valence-electron chi connectivity index (χ1n) is 9.02. The fourth-order valence-corrected chi connectivity index (χ4v) is 3.70. The van der Waals surface area contributed by atoms with Crippen molar-refractivity contribution < 1.29 is 42.1 Å². The number of halogens is 4. The molecule has 1 aliphatic heterocycles.